The number of carbonyl (C=O) groups is 1. The highest BCUT2D eigenvalue weighted by Crippen LogP contribution is 2.28. The molecule has 3 aromatic rings. The minimum Gasteiger partial charge on any atom is -0.490 e. The Bertz CT molecular complexity index is 1170. The summed E-state index contributed by atoms with van der Waals surface area (Å²) < 4.78 is 27.0. The molecular weight excluding hydrogens is 401 g/mol. The first kappa shape index (κ1) is 22.5. The van der Waals surface area contributed by atoms with E-state index in [1.54, 1.807) is 46.1 Å². The molecule has 1 N–H and O–H groups in total. The number of ether oxygens (including phenoxy) is 2. The molecule has 0 saturated carbocycles. The summed E-state index contributed by atoms with van der Waals surface area (Å²) in [5.41, 5.74) is -0.169. The van der Waals surface area contributed by atoms with Crippen molar-refractivity contribution in [2.24, 2.45) is 7.05 Å². The van der Waals surface area contributed by atoms with Crippen LogP contribution in [0.1, 0.15) is 40.5 Å². The zero-order valence-corrected chi connectivity index (χ0v) is 18.5. The van der Waals surface area contributed by atoms with E-state index in [-0.39, 0.29) is 24.0 Å². The SMILES string of the molecule is CC(CCCOc1cc2c(cc1F)c1ccncc1c(=O)n2C)NC(=O)OC(C)(C)C. The molecule has 3 rings (SSSR count). The van der Waals surface area contributed by atoms with E-state index in [4.69, 9.17) is 9.47 Å². The highest BCUT2D eigenvalue weighted by atomic mass is 19.1. The van der Waals surface area contributed by atoms with E-state index in [0.29, 0.717) is 34.5 Å². The molecule has 1 aromatic carbocycles. The van der Waals surface area contributed by atoms with Crippen molar-refractivity contribution in [1.82, 2.24) is 14.9 Å². The molecule has 2 aromatic heterocycles. The number of benzene rings is 1. The van der Waals surface area contributed by atoms with Crippen LogP contribution in [0.2, 0.25) is 0 Å². The number of aromatic nitrogens is 2. The summed E-state index contributed by atoms with van der Waals surface area (Å²) >= 11 is 0. The van der Waals surface area contributed by atoms with Gasteiger partial charge in [-0.15, -0.1) is 0 Å². The lowest BCUT2D eigenvalue weighted by Crippen LogP contribution is -2.37. The van der Waals surface area contributed by atoms with Crippen LogP contribution >= 0.6 is 0 Å². The Hall–Kier alpha value is -3.16. The van der Waals surface area contributed by atoms with Gasteiger partial charge in [0.15, 0.2) is 11.6 Å². The van der Waals surface area contributed by atoms with Gasteiger partial charge in [-0.3, -0.25) is 9.78 Å². The Morgan fingerprint density at radius 2 is 2.00 bits per heavy atom. The summed E-state index contributed by atoms with van der Waals surface area (Å²) in [6.45, 7) is 7.56. The number of pyridine rings is 2. The van der Waals surface area contributed by atoms with Crippen LogP contribution in [-0.2, 0) is 11.8 Å². The van der Waals surface area contributed by atoms with Gasteiger partial charge in [-0.2, -0.15) is 0 Å². The first-order valence-corrected chi connectivity index (χ1v) is 10.2. The molecule has 2 heterocycles. The van der Waals surface area contributed by atoms with Gasteiger partial charge >= 0.3 is 6.09 Å². The van der Waals surface area contributed by atoms with Crippen LogP contribution in [0, 0.1) is 5.82 Å². The first-order valence-electron chi connectivity index (χ1n) is 10.2. The molecule has 0 fully saturated rings. The van der Waals surface area contributed by atoms with Crippen molar-refractivity contribution in [1.29, 1.82) is 0 Å². The average Bonchev–Trinajstić information content (AvgIpc) is 2.68. The summed E-state index contributed by atoms with van der Waals surface area (Å²) in [4.78, 5) is 28.4. The predicted octanol–water partition coefficient (Wildman–Crippen LogP) is 4.30. The zero-order valence-electron chi connectivity index (χ0n) is 18.5. The van der Waals surface area contributed by atoms with Crippen molar-refractivity contribution < 1.29 is 18.7 Å². The smallest absolute Gasteiger partial charge is 0.407 e. The molecule has 166 valence electrons. The van der Waals surface area contributed by atoms with Gasteiger partial charge in [0.05, 0.1) is 17.5 Å². The second-order valence-electron chi connectivity index (χ2n) is 8.62. The van der Waals surface area contributed by atoms with Crippen molar-refractivity contribution >= 4 is 27.8 Å². The molecule has 8 heteroatoms. The molecule has 7 nitrogen and oxygen atoms in total. The molecular formula is C23H28FN3O4. The molecule has 1 atom stereocenters. The Balaban J connectivity index is 1.67. The van der Waals surface area contributed by atoms with Crippen LogP contribution < -0.4 is 15.6 Å². The molecule has 0 radical (unpaired) electrons. The molecule has 31 heavy (non-hydrogen) atoms. The van der Waals surface area contributed by atoms with E-state index in [0.717, 1.165) is 0 Å². The molecule has 0 aliphatic rings. The summed E-state index contributed by atoms with van der Waals surface area (Å²) in [6.07, 6.45) is 3.85. The maximum Gasteiger partial charge on any atom is 0.407 e. The van der Waals surface area contributed by atoms with Crippen molar-refractivity contribution in [3.63, 3.8) is 0 Å². The fraction of sp³-hybridized carbons (Fsp3) is 0.435. The minimum absolute atomic E-state index is 0.0867. The maximum atomic E-state index is 14.7. The maximum absolute atomic E-state index is 14.7. The second-order valence-corrected chi connectivity index (χ2v) is 8.62. The molecule has 1 amide bonds. The van der Waals surface area contributed by atoms with E-state index in [1.807, 2.05) is 6.92 Å². The number of nitrogens with one attached hydrogen (secondary N) is 1. The van der Waals surface area contributed by atoms with Crippen molar-refractivity contribution in [3.05, 3.63) is 46.8 Å². The van der Waals surface area contributed by atoms with Crippen LogP contribution in [-0.4, -0.2) is 33.9 Å². The number of aryl methyl sites for hydroxylation is 1. The molecule has 0 bridgehead atoms. The van der Waals surface area contributed by atoms with Gasteiger partial charge in [-0.1, -0.05) is 0 Å². The number of carbonyl (C=O) groups excluding carboxylic acids is 1. The predicted molar refractivity (Wildman–Crippen MR) is 118 cm³/mol. The average molecular weight is 429 g/mol. The Morgan fingerprint density at radius 3 is 2.71 bits per heavy atom. The van der Waals surface area contributed by atoms with Gasteiger partial charge in [-0.05, 0) is 58.1 Å². The number of alkyl carbamates (subject to hydrolysis) is 1. The largest absolute Gasteiger partial charge is 0.490 e. The summed E-state index contributed by atoms with van der Waals surface area (Å²) in [5, 5.41) is 4.49. The standard InChI is InChI=1S/C23H28FN3O4/c1-14(26-22(29)31-23(2,3)4)7-6-10-30-20-12-19-16(11-18(20)24)15-8-9-25-13-17(15)21(28)27(19)5/h8-9,11-14H,6-7,10H2,1-5H3,(H,26,29). The molecule has 0 spiro atoms. The molecule has 0 saturated heterocycles. The van der Waals surface area contributed by atoms with Gasteiger partial charge in [0, 0.05) is 36.9 Å². The van der Waals surface area contributed by atoms with Gasteiger partial charge < -0.3 is 19.4 Å². The zero-order chi connectivity index (χ0) is 22.8. The molecule has 0 aliphatic carbocycles. The number of rotatable bonds is 6. The molecule has 0 aliphatic heterocycles. The van der Waals surface area contributed by atoms with Gasteiger partial charge in [0.2, 0.25) is 0 Å². The van der Waals surface area contributed by atoms with E-state index >= 15 is 0 Å². The van der Waals surface area contributed by atoms with Crippen LogP contribution in [0.3, 0.4) is 0 Å². The Kier molecular flexibility index (Phi) is 6.48. The normalized spacial score (nSPS) is 12.7. The number of fused-ring (bicyclic) bond motifs is 3. The lowest BCUT2D eigenvalue weighted by molar-refractivity contribution is 0.0505. The minimum atomic E-state index is -0.553. The highest BCUT2D eigenvalue weighted by Gasteiger charge is 2.18. The Labute approximate surface area is 180 Å². The van der Waals surface area contributed by atoms with Crippen LogP contribution in [0.15, 0.2) is 35.4 Å². The van der Waals surface area contributed by atoms with Gasteiger partial charge in [0.25, 0.3) is 5.56 Å². The van der Waals surface area contributed by atoms with Crippen LogP contribution in [0.5, 0.6) is 5.75 Å². The van der Waals surface area contributed by atoms with E-state index in [2.05, 4.69) is 10.3 Å². The third kappa shape index (κ3) is 5.31. The van der Waals surface area contributed by atoms with E-state index in [1.165, 1.54) is 16.8 Å². The molecule has 1 unspecified atom stereocenters. The van der Waals surface area contributed by atoms with Gasteiger partial charge in [-0.25, -0.2) is 9.18 Å². The lowest BCUT2D eigenvalue weighted by Gasteiger charge is -2.22. The van der Waals surface area contributed by atoms with Crippen LogP contribution in [0.25, 0.3) is 21.7 Å². The highest BCUT2D eigenvalue weighted by molar-refractivity contribution is 6.05. The van der Waals surface area contributed by atoms with Crippen molar-refractivity contribution in [3.8, 4) is 5.75 Å². The number of amides is 1. The number of halogens is 1. The van der Waals surface area contributed by atoms with E-state index < -0.39 is 17.5 Å². The van der Waals surface area contributed by atoms with Crippen molar-refractivity contribution in [2.75, 3.05) is 6.61 Å². The third-order valence-corrected chi connectivity index (χ3v) is 4.86. The second kappa shape index (κ2) is 8.91. The quantitative estimate of drug-likeness (QED) is 0.467. The third-order valence-electron chi connectivity index (χ3n) is 4.86. The first-order chi connectivity index (χ1) is 14.6. The monoisotopic (exact) mass is 429 g/mol. The topological polar surface area (TPSA) is 82.5 Å². The lowest BCUT2D eigenvalue weighted by atomic mass is 10.1. The van der Waals surface area contributed by atoms with Crippen LogP contribution in [0.4, 0.5) is 9.18 Å². The number of nitrogens with zero attached hydrogens (tertiary/aromatic N) is 2. The summed E-state index contributed by atoms with van der Waals surface area (Å²) in [6, 6.07) is 4.53. The summed E-state index contributed by atoms with van der Waals surface area (Å²) in [5.74, 6) is -0.409. The number of hydrogen-bond acceptors (Lipinski definition) is 5. The Morgan fingerprint density at radius 1 is 1.26 bits per heavy atom. The summed E-state index contributed by atoms with van der Waals surface area (Å²) in [7, 11) is 1.64. The fourth-order valence-electron chi connectivity index (χ4n) is 3.39. The fourth-order valence-corrected chi connectivity index (χ4v) is 3.39. The van der Waals surface area contributed by atoms with Crippen molar-refractivity contribution in [2.45, 2.75) is 52.2 Å². The van der Waals surface area contributed by atoms with Gasteiger partial charge in [0.1, 0.15) is 5.60 Å². The van der Waals surface area contributed by atoms with E-state index in [9.17, 15) is 14.0 Å². The number of hydrogen-bond donors (Lipinski definition) is 1.